The van der Waals surface area contributed by atoms with Crippen LogP contribution in [0.1, 0.15) is 42.7 Å². The summed E-state index contributed by atoms with van der Waals surface area (Å²) in [5, 5.41) is 0. The van der Waals surface area contributed by atoms with Crippen LogP contribution in [-0.2, 0) is 9.53 Å². The summed E-state index contributed by atoms with van der Waals surface area (Å²) in [6.45, 7) is 6.86. The van der Waals surface area contributed by atoms with E-state index >= 15 is 0 Å². The van der Waals surface area contributed by atoms with Crippen LogP contribution in [-0.4, -0.2) is 52.5 Å². The Morgan fingerprint density at radius 3 is 2.75 bits per heavy atom. The number of ether oxygens (including phenoxy) is 2. The number of amides is 1. The molecule has 2 heterocycles. The number of benzene rings is 1. The summed E-state index contributed by atoms with van der Waals surface area (Å²) in [6.07, 6.45) is 4.90. The molecule has 0 bridgehead atoms. The lowest BCUT2D eigenvalue weighted by molar-refractivity contribution is -0.133. The van der Waals surface area contributed by atoms with Gasteiger partial charge in [0.05, 0.1) is 30.7 Å². The van der Waals surface area contributed by atoms with E-state index in [1.165, 1.54) is 13.3 Å². The Kier molecular flexibility index (Phi) is 5.63. The first-order valence-corrected chi connectivity index (χ1v) is 9.26. The van der Waals surface area contributed by atoms with Gasteiger partial charge in [0.2, 0.25) is 5.91 Å². The fourth-order valence-corrected chi connectivity index (χ4v) is 3.62. The van der Waals surface area contributed by atoms with E-state index in [1.807, 2.05) is 30.0 Å². The van der Waals surface area contributed by atoms with Crippen LogP contribution >= 0.6 is 0 Å². The largest absolute Gasteiger partial charge is 0.491 e. The monoisotopic (exact) mass is 383 g/mol. The van der Waals surface area contributed by atoms with Crippen molar-refractivity contribution in [3.8, 4) is 17.0 Å². The van der Waals surface area contributed by atoms with E-state index in [0.717, 1.165) is 36.3 Å². The number of nitrogens with zero attached hydrogens (tertiary/aromatic N) is 3. The predicted octanol–water partition coefficient (Wildman–Crippen LogP) is 3.02. The smallest absolute Gasteiger partial charge is 0.358 e. The van der Waals surface area contributed by atoms with Gasteiger partial charge in [0.15, 0.2) is 5.69 Å². The molecule has 3 rings (SSSR count). The molecule has 1 amide bonds. The standard InChI is InChI=1S/C21H25N3O4/c1-14-10-16(17-11-22-12-18(23-17)20(26)27-4)6-7-19(14)28-13-21(3)8-5-9-24(21)15(2)25/h6-7,10-12H,5,8-9,13H2,1-4H3/t21-/m0/s1. The van der Waals surface area contributed by atoms with Gasteiger partial charge >= 0.3 is 5.97 Å². The van der Waals surface area contributed by atoms with Crippen LogP contribution in [0, 0.1) is 6.92 Å². The fourth-order valence-electron chi connectivity index (χ4n) is 3.62. The fraction of sp³-hybridized carbons (Fsp3) is 0.429. The average molecular weight is 383 g/mol. The van der Waals surface area contributed by atoms with Gasteiger partial charge in [-0.3, -0.25) is 9.78 Å². The summed E-state index contributed by atoms with van der Waals surface area (Å²) >= 11 is 0. The highest BCUT2D eigenvalue weighted by atomic mass is 16.5. The molecule has 1 aromatic heterocycles. The van der Waals surface area contributed by atoms with Gasteiger partial charge in [0.1, 0.15) is 12.4 Å². The molecule has 148 valence electrons. The number of likely N-dealkylation sites (tertiary alicyclic amines) is 1. The Hall–Kier alpha value is -2.96. The van der Waals surface area contributed by atoms with E-state index in [4.69, 9.17) is 9.47 Å². The summed E-state index contributed by atoms with van der Waals surface area (Å²) in [5.41, 5.74) is 2.25. The van der Waals surface area contributed by atoms with Crippen LogP contribution in [0.3, 0.4) is 0 Å². The topological polar surface area (TPSA) is 81.6 Å². The molecule has 7 heteroatoms. The second kappa shape index (κ2) is 7.96. The van der Waals surface area contributed by atoms with E-state index in [9.17, 15) is 9.59 Å². The van der Waals surface area contributed by atoms with Crippen LogP contribution in [0.15, 0.2) is 30.6 Å². The summed E-state index contributed by atoms with van der Waals surface area (Å²) in [6, 6.07) is 5.71. The van der Waals surface area contributed by atoms with Gasteiger partial charge in [-0.15, -0.1) is 0 Å². The quantitative estimate of drug-likeness (QED) is 0.738. The zero-order valence-electron chi connectivity index (χ0n) is 16.7. The first-order valence-electron chi connectivity index (χ1n) is 9.26. The van der Waals surface area contributed by atoms with Gasteiger partial charge in [-0.05, 0) is 50.5 Å². The van der Waals surface area contributed by atoms with Crippen molar-refractivity contribution in [2.45, 2.75) is 39.2 Å². The predicted molar refractivity (Wildman–Crippen MR) is 104 cm³/mol. The molecule has 0 N–H and O–H groups in total. The highest BCUT2D eigenvalue weighted by Crippen LogP contribution is 2.31. The molecular formula is C21H25N3O4. The molecule has 7 nitrogen and oxygen atoms in total. The van der Waals surface area contributed by atoms with E-state index in [2.05, 4.69) is 16.9 Å². The van der Waals surface area contributed by atoms with Crippen molar-refractivity contribution in [2.24, 2.45) is 0 Å². The number of hydrogen-bond acceptors (Lipinski definition) is 6. The molecule has 1 aromatic carbocycles. The number of aromatic nitrogens is 2. The minimum Gasteiger partial charge on any atom is -0.491 e. The molecule has 1 aliphatic rings. The van der Waals surface area contributed by atoms with Crippen molar-refractivity contribution in [3.05, 3.63) is 41.9 Å². The second-order valence-corrected chi connectivity index (χ2v) is 7.32. The minimum atomic E-state index is -0.522. The van der Waals surface area contributed by atoms with Crippen molar-refractivity contribution in [1.82, 2.24) is 14.9 Å². The molecule has 1 saturated heterocycles. The molecule has 28 heavy (non-hydrogen) atoms. The van der Waals surface area contributed by atoms with Crippen molar-refractivity contribution in [2.75, 3.05) is 20.3 Å². The maximum Gasteiger partial charge on any atom is 0.358 e. The summed E-state index contributed by atoms with van der Waals surface area (Å²) < 4.78 is 10.8. The first kappa shape index (κ1) is 19.8. The van der Waals surface area contributed by atoms with Crippen molar-refractivity contribution >= 4 is 11.9 Å². The molecule has 0 saturated carbocycles. The Labute approximate surface area is 164 Å². The number of hydrogen-bond donors (Lipinski definition) is 0. The summed E-state index contributed by atoms with van der Waals surface area (Å²) in [5.74, 6) is 0.322. The third-order valence-electron chi connectivity index (χ3n) is 5.17. The lowest BCUT2D eigenvalue weighted by atomic mass is 10.00. The Morgan fingerprint density at radius 2 is 2.07 bits per heavy atom. The van der Waals surface area contributed by atoms with E-state index in [-0.39, 0.29) is 17.1 Å². The van der Waals surface area contributed by atoms with E-state index in [1.54, 1.807) is 13.1 Å². The Bertz CT molecular complexity index is 899. The van der Waals surface area contributed by atoms with Crippen molar-refractivity contribution in [3.63, 3.8) is 0 Å². The van der Waals surface area contributed by atoms with Gasteiger partial charge in [-0.1, -0.05) is 0 Å². The van der Waals surface area contributed by atoms with Crippen LogP contribution in [0.5, 0.6) is 5.75 Å². The van der Waals surface area contributed by atoms with Crippen LogP contribution < -0.4 is 4.74 Å². The molecule has 0 radical (unpaired) electrons. The van der Waals surface area contributed by atoms with E-state index < -0.39 is 5.97 Å². The maximum atomic E-state index is 11.9. The number of rotatable bonds is 5. The molecule has 2 aromatic rings. The van der Waals surface area contributed by atoms with Gasteiger partial charge in [-0.2, -0.15) is 0 Å². The highest BCUT2D eigenvalue weighted by molar-refractivity contribution is 5.87. The molecular weight excluding hydrogens is 358 g/mol. The molecule has 1 fully saturated rings. The SMILES string of the molecule is COC(=O)c1cncc(-c2ccc(OC[C@]3(C)CCCN3C(C)=O)c(C)c2)n1. The number of carbonyl (C=O) groups excluding carboxylic acids is 2. The third kappa shape index (κ3) is 3.98. The lowest BCUT2D eigenvalue weighted by Gasteiger charge is -2.34. The second-order valence-electron chi connectivity index (χ2n) is 7.32. The molecule has 0 aliphatic carbocycles. The number of carbonyl (C=O) groups is 2. The maximum absolute atomic E-state index is 11.9. The highest BCUT2D eigenvalue weighted by Gasteiger charge is 2.39. The third-order valence-corrected chi connectivity index (χ3v) is 5.17. The minimum absolute atomic E-state index is 0.0831. The zero-order chi connectivity index (χ0) is 20.3. The summed E-state index contributed by atoms with van der Waals surface area (Å²) in [7, 11) is 1.31. The van der Waals surface area contributed by atoms with Gasteiger partial charge < -0.3 is 14.4 Å². The van der Waals surface area contributed by atoms with E-state index in [0.29, 0.717) is 12.3 Å². The van der Waals surface area contributed by atoms with Crippen molar-refractivity contribution < 1.29 is 19.1 Å². The Morgan fingerprint density at radius 1 is 1.29 bits per heavy atom. The lowest BCUT2D eigenvalue weighted by Crippen LogP contribution is -2.48. The number of methoxy groups -OCH3 is 1. The number of aryl methyl sites for hydroxylation is 1. The normalized spacial score (nSPS) is 18.8. The van der Waals surface area contributed by atoms with Gasteiger partial charge in [-0.25, -0.2) is 9.78 Å². The molecule has 0 spiro atoms. The molecule has 1 aliphatic heterocycles. The van der Waals surface area contributed by atoms with Crippen LogP contribution in [0.2, 0.25) is 0 Å². The van der Waals surface area contributed by atoms with Gasteiger partial charge in [0, 0.05) is 19.0 Å². The van der Waals surface area contributed by atoms with Crippen LogP contribution in [0.4, 0.5) is 0 Å². The average Bonchev–Trinajstić information content (AvgIpc) is 3.08. The molecule has 1 atom stereocenters. The molecule has 0 unspecified atom stereocenters. The van der Waals surface area contributed by atoms with Crippen LogP contribution in [0.25, 0.3) is 11.3 Å². The number of esters is 1. The van der Waals surface area contributed by atoms with Gasteiger partial charge in [0.25, 0.3) is 0 Å². The Balaban J connectivity index is 1.76. The first-order chi connectivity index (χ1) is 13.3. The summed E-state index contributed by atoms with van der Waals surface area (Å²) in [4.78, 5) is 33.8. The zero-order valence-corrected chi connectivity index (χ0v) is 16.7. The van der Waals surface area contributed by atoms with Crippen molar-refractivity contribution in [1.29, 1.82) is 0 Å².